The molecule has 1 saturated heterocycles. The molecule has 1 aliphatic heterocycles. The molecule has 0 saturated carbocycles. The molecular formula is C18H22N4O2S. The Kier molecular flexibility index (Phi) is 4.70. The van der Waals surface area contributed by atoms with Gasteiger partial charge in [-0.2, -0.15) is 0 Å². The highest BCUT2D eigenvalue weighted by atomic mass is 32.1. The van der Waals surface area contributed by atoms with Gasteiger partial charge in [0.1, 0.15) is 5.76 Å². The van der Waals surface area contributed by atoms with Crippen LogP contribution in [-0.2, 0) is 13.1 Å². The molecule has 3 aromatic rings. The van der Waals surface area contributed by atoms with Crippen LogP contribution in [0.5, 0.6) is 0 Å². The van der Waals surface area contributed by atoms with Crippen molar-refractivity contribution in [2.75, 3.05) is 26.2 Å². The van der Waals surface area contributed by atoms with Gasteiger partial charge in [-0.15, -0.1) is 11.3 Å². The van der Waals surface area contributed by atoms with Gasteiger partial charge in [-0.05, 0) is 26.0 Å². The van der Waals surface area contributed by atoms with Gasteiger partial charge in [0.15, 0.2) is 16.5 Å². The summed E-state index contributed by atoms with van der Waals surface area (Å²) in [5.41, 5.74) is 2.06. The van der Waals surface area contributed by atoms with E-state index >= 15 is 0 Å². The fourth-order valence-corrected chi connectivity index (χ4v) is 3.86. The van der Waals surface area contributed by atoms with E-state index in [1.807, 2.05) is 32.0 Å². The zero-order chi connectivity index (χ0) is 17.2. The Hall–Kier alpha value is -1.96. The van der Waals surface area contributed by atoms with Gasteiger partial charge in [-0.1, -0.05) is 5.16 Å². The molecule has 25 heavy (non-hydrogen) atoms. The molecule has 0 atom stereocenters. The standard InChI is InChI=1S/C18H22N4O2S/c1-13-9-16(24-20-13)11-22-7-5-21(6-8-22)10-15-12-25-18(19-15)17-4-3-14(2)23-17/h3-4,9,12H,5-8,10-11H2,1-2H3. The average molecular weight is 358 g/mol. The summed E-state index contributed by atoms with van der Waals surface area (Å²) in [5.74, 6) is 2.73. The van der Waals surface area contributed by atoms with Gasteiger partial charge < -0.3 is 8.94 Å². The molecule has 4 heterocycles. The largest absolute Gasteiger partial charge is 0.459 e. The van der Waals surface area contributed by atoms with E-state index in [0.717, 1.165) is 72.9 Å². The van der Waals surface area contributed by atoms with Gasteiger partial charge in [0, 0.05) is 44.2 Å². The third kappa shape index (κ3) is 4.00. The summed E-state index contributed by atoms with van der Waals surface area (Å²) in [5, 5.41) is 7.05. The van der Waals surface area contributed by atoms with Crippen molar-refractivity contribution in [2.24, 2.45) is 0 Å². The third-order valence-corrected chi connectivity index (χ3v) is 5.32. The Morgan fingerprint density at radius 1 is 1.08 bits per heavy atom. The van der Waals surface area contributed by atoms with E-state index in [1.165, 1.54) is 0 Å². The van der Waals surface area contributed by atoms with Gasteiger partial charge in [0.25, 0.3) is 0 Å². The number of thiazole rings is 1. The van der Waals surface area contributed by atoms with Gasteiger partial charge in [-0.3, -0.25) is 9.80 Å². The molecule has 4 rings (SSSR count). The van der Waals surface area contributed by atoms with Crippen molar-refractivity contribution >= 4 is 11.3 Å². The molecule has 0 N–H and O–H groups in total. The van der Waals surface area contributed by atoms with E-state index in [1.54, 1.807) is 11.3 Å². The molecule has 0 unspecified atom stereocenters. The Balaban J connectivity index is 1.29. The smallest absolute Gasteiger partial charge is 0.162 e. The second kappa shape index (κ2) is 7.11. The number of aromatic nitrogens is 2. The minimum atomic E-state index is 0.841. The number of aryl methyl sites for hydroxylation is 2. The zero-order valence-corrected chi connectivity index (χ0v) is 15.4. The van der Waals surface area contributed by atoms with E-state index in [9.17, 15) is 0 Å². The lowest BCUT2D eigenvalue weighted by molar-refractivity contribution is 0.113. The minimum absolute atomic E-state index is 0.841. The molecule has 7 heteroatoms. The van der Waals surface area contributed by atoms with Crippen molar-refractivity contribution in [3.63, 3.8) is 0 Å². The Morgan fingerprint density at radius 3 is 2.48 bits per heavy atom. The molecule has 0 radical (unpaired) electrons. The van der Waals surface area contributed by atoms with Crippen molar-refractivity contribution in [1.82, 2.24) is 19.9 Å². The molecule has 0 amide bonds. The van der Waals surface area contributed by atoms with E-state index < -0.39 is 0 Å². The number of hydrogen-bond acceptors (Lipinski definition) is 7. The van der Waals surface area contributed by atoms with Crippen LogP contribution in [0.4, 0.5) is 0 Å². The Morgan fingerprint density at radius 2 is 1.84 bits per heavy atom. The van der Waals surface area contributed by atoms with Crippen LogP contribution in [0, 0.1) is 13.8 Å². The number of rotatable bonds is 5. The van der Waals surface area contributed by atoms with E-state index in [0.29, 0.717) is 0 Å². The van der Waals surface area contributed by atoms with Crippen molar-refractivity contribution in [3.05, 3.63) is 46.5 Å². The predicted octanol–water partition coefficient (Wildman–Crippen LogP) is 3.33. The maximum atomic E-state index is 5.66. The molecule has 0 aliphatic carbocycles. The molecular weight excluding hydrogens is 336 g/mol. The summed E-state index contributed by atoms with van der Waals surface area (Å²) in [7, 11) is 0. The van der Waals surface area contributed by atoms with Gasteiger partial charge in [0.2, 0.25) is 0 Å². The van der Waals surface area contributed by atoms with Crippen molar-refractivity contribution < 1.29 is 8.94 Å². The molecule has 132 valence electrons. The monoisotopic (exact) mass is 358 g/mol. The summed E-state index contributed by atoms with van der Waals surface area (Å²) in [4.78, 5) is 9.59. The minimum Gasteiger partial charge on any atom is -0.459 e. The molecule has 0 bridgehead atoms. The van der Waals surface area contributed by atoms with Gasteiger partial charge >= 0.3 is 0 Å². The normalized spacial score (nSPS) is 16.6. The van der Waals surface area contributed by atoms with E-state index in [4.69, 9.17) is 13.9 Å². The lowest BCUT2D eigenvalue weighted by Gasteiger charge is -2.33. The molecule has 1 fully saturated rings. The fourth-order valence-electron chi connectivity index (χ4n) is 3.09. The topological polar surface area (TPSA) is 58.5 Å². The van der Waals surface area contributed by atoms with Crippen LogP contribution in [0.15, 0.2) is 32.5 Å². The fraction of sp³-hybridized carbons (Fsp3) is 0.444. The van der Waals surface area contributed by atoms with Crippen molar-refractivity contribution in [1.29, 1.82) is 0 Å². The second-order valence-electron chi connectivity index (χ2n) is 6.54. The summed E-state index contributed by atoms with van der Waals surface area (Å²) >= 11 is 1.65. The van der Waals surface area contributed by atoms with Crippen LogP contribution in [-0.4, -0.2) is 46.1 Å². The lowest BCUT2D eigenvalue weighted by atomic mass is 10.2. The lowest BCUT2D eigenvalue weighted by Crippen LogP contribution is -2.45. The number of piperazine rings is 1. The van der Waals surface area contributed by atoms with Gasteiger partial charge in [0.05, 0.1) is 17.9 Å². The highest BCUT2D eigenvalue weighted by Crippen LogP contribution is 2.26. The first-order valence-electron chi connectivity index (χ1n) is 8.54. The van der Waals surface area contributed by atoms with Crippen molar-refractivity contribution in [2.45, 2.75) is 26.9 Å². The van der Waals surface area contributed by atoms with Crippen molar-refractivity contribution in [3.8, 4) is 10.8 Å². The SMILES string of the molecule is Cc1cc(CN2CCN(Cc3csc(-c4ccc(C)o4)n3)CC2)on1. The molecule has 3 aromatic heterocycles. The highest BCUT2D eigenvalue weighted by molar-refractivity contribution is 7.13. The molecule has 0 aromatic carbocycles. The van der Waals surface area contributed by atoms with Crippen LogP contribution >= 0.6 is 11.3 Å². The summed E-state index contributed by atoms with van der Waals surface area (Å²) < 4.78 is 11.0. The first-order chi connectivity index (χ1) is 12.2. The summed E-state index contributed by atoms with van der Waals surface area (Å²) in [6, 6.07) is 5.98. The molecule has 1 aliphatic rings. The van der Waals surface area contributed by atoms with Gasteiger partial charge in [-0.25, -0.2) is 4.98 Å². The van der Waals surface area contributed by atoms with Crippen LogP contribution in [0.25, 0.3) is 10.8 Å². The number of hydrogen-bond donors (Lipinski definition) is 0. The average Bonchev–Trinajstić information content (AvgIpc) is 3.31. The molecule has 0 spiro atoms. The van der Waals surface area contributed by atoms with Crippen LogP contribution in [0.3, 0.4) is 0 Å². The molecule has 6 nitrogen and oxygen atoms in total. The quantitative estimate of drug-likeness (QED) is 0.697. The number of nitrogens with zero attached hydrogens (tertiary/aromatic N) is 4. The van der Waals surface area contributed by atoms with E-state index in [2.05, 4.69) is 20.3 Å². The summed E-state index contributed by atoms with van der Waals surface area (Å²) in [6.07, 6.45) is 0. The van der Waals surface area contributed by atoms with Crippen LogP contribution in [0.1, 0.15) is 22.9 Å². The Bertz CT molecular complexity index is 830. The third-order valence-electron chi connectivity index (χ3n) is 4.41. The van der Waals surface area contributed by atoms with E-state index in [-0.39, 0.29) is 0 Å². The number of furan rings is 1. The maximum absolute atomic E-state index is 5.66. The summed E-state index contributed by atoms with van der Waals surface area (Å²) in [6.45, 7) is 9.80. The first kappa shape index (κ1) is 16.5. The maximum Gasteiger partial charge on any atom is 0.162 e. The first-order valence-corrected chi connectivity index (χ1v) is 9.42. The predicted molar refractivity (Wildman–Crippen MR) is 96.3 cm³/mol. The highest BCUT2D eigenvalue weighted by Gasteiger charge is 2.19. The van der Waals surface area contributed by atoms with Crippen LogP contribution < -0.4 is 0 Å². The second-order valence-corrected chi connectivity index (χ2v) is 7.40. The van der Waals surface area contributed by atoms with Crippen LogP contribution in [0.2, 0.25) is 0 Å². The zero-order valence-electron chi connectivity index (χ0n) is 14.6. The Labute approximate surface area is 151 Å².